The van der Waals surface area contributed by atoms with E-state index in [-0.39, 0.29) is 18.6 Å². The minimum absolute atomic E-state index is 0.0555. The quantitative estimate of drug-likeness (QED) is 0.764. The van der Waals surface area contributed by atoms with Crippen molar-refractivity contribution in [3.05, 3.63) is 35.9 Å². The third-order valence-electron chi connectivity index (χ3n) is 2.85. The first-order chi connectivity index (χ1) is 8.65. The lowest BCUT2D eigenvalue weighted by molar-refractivity contribution is -0.127. The largest absolute Gasteiger partial charge is 0.396 e. The van der Waals surface area contributed by atoms with Crippen LogP contribution in [-0.4, -0.2) is 43.2 Å². The molecule has 0 saturated carbocycles. The summed E-state index contributed by atoms with van der Waals surface area (Å²) in [6, 6.07) is 10.1. The predicted molar refractivity (Wildman–Crippen MR) is 72.2 cm³/mol. The van der Waals surface area contributed by atoms with E-state index in [2.05, 4.69) is 5.32 Å². The van der Waals surface area contributed by atoms with E-state index in [0.29, 0.717) is 6.54 Å². The molecule has 0 fully saturated rings. The van der Waals surface area contributed by atoms with Crippen molar-refractivity contribution in [1.82, 2.24) is 10.2 Å². The number of nitrogens with one attached hydrogen (secondary N) is 1. The molecule has 0 aliphatic rings. The third kappa shape index (κ3) is 4.85. The SMILES string of the molecule is CN(C)C(=O)CNC(CCCO)c1ccccc1. The number of carbonyl (C=O) groups excluding carboxylic acids is 1. The molecule has 0 saturated heterocycles. The zero-order valence-corrected chi connectivity index (χ0v) is 11.1. The molecule has 1 aromatic rings. The van der Waals surface area contributed by atoms with Crippen LogP contribution in [0.25, 0.3) is 0 Å². The molecular weight excluding hydrogens is 228 g/mol. The summed E-state index contributed by atoms with van der Waals surface area (Å²) >= 11 is 0. The number of hydrogen-bond acceptors (Lipinski definition) is 3. The molecule has 0 heterocycles. The number of rotatable bonds is 7. The van der Waals surface area contributed by atoms with E-state index in [1.807, 2.05) is 30.3 Å². The Hall–Kier alpha value is -1.39. The molecule has 2 N–H and O–H groups in total. The van der Waals surface area contributed by atoms with Crippen LogP contribution in [0.1, 0.15) is 24.4 Å². The molecule has 4 nitrogen and oxygen atoms in total. The van der Waals surface area contributed by atoms with Crippen molar-refractivity contribution in [3.63, 3.8) is 0 Å². The second kappa shape index (κ2) is 7.84. The Kier molecular flexibility index (Phi) is 6.39. The van der Waals surface area contributed by atoms with Gasteiger partial charge in [-0.3, -0.25) is 4.79 Å². The van der Waals surface area contributed by atoms with Crippen LogP contribution in [-0.2, 0) is 4.79 Å². The van der Waals surface area contributed by atoms with Crippen LogP contribution >= 0.6 is 0 Å². The molecule has 1 unspecified atom stereocenters. The Morgan fingerprint density at radius 1 is 1.33 bits per heavy atom. The van der Waals surface area contributed by atoms with Crippen molar-refractivity contribution in [1.29, 1.82) is 0 Å². The van der Waals surface area contributed by atoms with Gasteiger partial charge >= 0.3 is 0 Å². The second-order valence-corrected chi connectivity index (χ2v) is 4.50. The van der Waals surface area contributed by atoms with Gasteiger partial charge in [0.1, 0.15) is 0 Å². The van der Waals surface area contributed by atoms with Gasteiger partial charge in [-0.15, -0.1) is 0 Å². The zero-order valence-electron chi connectivity index (χ0n) is 11.1. The minimum atomic E-state index is 0.0555. The fourth-order valence-electron chi connectivity index (χ4n) is 1.74. The standard InChI is InChI=1S/C14H22N2O2/c1-16(2)14(18)11-15-13(9-6-10-17)12-7-4-3-5-8-12/h3-5,7-8,13,15,17H,6,9-11H2,1-2H3. The van der Waals surface area contributed by atoms with E-state index in [1.54, 1.807) is 19.0 Å². The maximum Gasteiger partial charge on any atom is 0.236 e. The van der Waals surface area contributed by atoms with E-state index < -0.39 is 0 Å². The highest BCUT2D eigenvalue weighted by molar-refractivity contribution is 5.77. The highest BCUT2D eigenvalue weighted by Gasteiger charge is 2.12. The van der Waals surface area contributed by atoms with Crippen molar-refractivity contribution in [2.75, 3.05) is 27.2 Å². The molecule has 0 aromatic heterocycles. The Labute approximate surface area is 109 Å². The van der Waals surface area contributed by atoms with Crippen LogP contribution in [0.3, 0.4) is 0 Å². The van der Waals surface area contributed by atoms with Gasteiger partial charge < -0.3 is 15.3 Å². The van der Waals surface area contributed by atoms with Gasteiger partial charge in [-0.05, 0) is 18.4 Å². The Morgan fingerprint density at radius 2 is 2.00 bits per heavy atom. The summed E-state index contributed by atoms with van der Waals surface area (Å²) in [5.41, 5.74) is 1.15. The van der Waals surface area contributed by atoms with Crippen LogP contribution in [0.4, 0.5) is 0 Å². The molecule has 0 radical (unpaired) electrons. The number of hydrogen-bond donors (Lipinski definition) is 2. The van der Waals surface area contributed by atoms with E-state index in [1.165, 1.54) is 0 Å². The molecule has 0 aliphatic carbocycles. The van der Waals surface area contributed by atoms with E-state index in [4.69, 9.17) is 5.11 Å². The molecular formula is C14H22N2O2. The van der Waals surface area contributed by atoms with Gasteiger partial charge in [0.2, 0.25) is 5.91 Å². The molecule has 1 atom stereocenters. The molecule has 1 aromatic carbocycles. The number of amides is 1. The van der Waals surface area contributed by atoms with Crippen molar-refractivity contribution in [2.24, 2.45) is 0 Å². The summed E-state index contributed by atoms with van der Waals surface area (Å²) in [4.78, 5) is 13.1. The number of nitrogens with zero attached hydrogens (tertiary/aromatic N) is 1. The summed E-state index contributed by atoms with van der Waals surface area (Å²) in [6.45, 7) is 0.491. The lowest BCUT2D eigenvalue weighted by Gasteiger charge is -2.20. The zero-order chi connectivity index (χ0) is 13.4. The molecule has 0 aliphatic heterocycles. The van der Waals surface area contributed by atoms with Gasteiger partial charge in [-0.1, -0.05) is 30.3 Å². The van der Waals surface area contributed by atoms with Crippen molar-refractivity contribution in [3.8, 4) is 0 Å². The smallest absolute Gasteiger partial charge is 0.236 e. The summed E-state index contributed by atoms with van der Waals surface area (Å²) in [5.74, 6) is 0.0555. The van der Waals surface area contributed by atoms with E-state index in [9.17, 15) is 4.79 Å². The molecule has 1 amide bonds. The van der Waals surface area contributed by atoms with E-state index >= 15 is 0 Å². The first kappa shape index (κ1) is 14.7. The maximum absolute atomic E-state index is 11.6. The fraction of sp³-hybridized carbons (Fsp3) is 0.500. The molecule has 4 heteroatoms. The van der Waals surface area contributed by atoms with Crippen LogP contribution in [0.2, 0.25) is 0 Å². The third-order valence-corrected chi connectivity index (χ3v) is 2.85. The lowest BCUT2D eigenvalue weighted by Crippen LogP contribution is -2.35. The van der Waals surface area contributed by atoms with Crippen LogP contribution in [0.5, 0.6) is 0 Å². The number of aliphatic hydroxyl groups is 1. The molecule has 0 spiro atoms. The molecule has 100 valence electrons. The topological polar surface area (TPSA) is 52.6 Å². The first-order valence-electron chi connectivity index (χ1n) is 6.24. The van der Waals surface area contributed by atoms with Gasteiger partial charge in [0.25, 0.3) is 0 Å². The fourth-order valence-corrected chi connectivity index (χ4v) is 1.74. The highest BCUT2D eigenvalue weighted by Crippen LogP contribution is 2.17. The van der Waals surface area contributed by atoms with E-state index in [0.717, 1.165) is 18.4 Å². The normalized spacial score (nSPS) is 12.2. The average molecular weight is 250 g/mol. The number of likely N-dealkylation sites (N-methyl/N-ethyl adjacent to an activating group) is 1. The predicted octanol–water partition coefficient (Wildman–Crippen LogP) is 1.18. The Bertz CT molecular complexity index is 352. The van der Waals surface area contributed by atoms with Crippen molar-refractivity contribution >= 4 is 5.91 Å². The number of aliphatic hydroxyl groups excluding tert-OH is 1. The van der Waals surface area contributed by atoms with Crippen LogP contribution in [0, 0.1) is 0 Å². The summed E-state index contributed by atoms with van der Waals surface area (Å²) in [6.07, 6.45) is 1.55. The first-order valence-corrected chi connectivity index (χ1v) is 6.24. The van der Waals surface area contributed by atoms with Gasteiger partial charge in [0.05, 0.1) is 6.54 Å². The van der Waals surface area contributed by atoms with Gasteiger partial charge in [0, 0.05) is 26.7 Å². The van der Waals surface area contributed by atoms with Crippen molar-refractivity contribution in [2.45, 2.75) is 18.9 Å². The highest BCUT2D eigenvalue weighted by atomic mass is 16.2. The minimum Gasteiger partial charge on any atom is -0.396 e. The van der Waals surface area contributed by atoms with Gasteiger partial charge in [-0.2, -0.15) is 0 Å². The average Bonchev–Trinajstić information content (AvgIpc) is 2.39. The van der Waals surface area contributed by atoms with Gasteiger partial charge in [0.15, 0.2) is 0 Å². The monoisotopic (exact) mass is 250 g/mol. The molecule has 0 bridgehead atoms. The maximum atomic E-state index is 11.6. The number of carbonyl (C=O) groups is 1. The van der Waals surface area contributed by atoms with Crippen LogP contribution in [0.15, 0.2) is 30.3 Å². The Balaban J connectivity index is 2.59. The number of benzene rings is 1. The Morgan fingerprint density at radius 3 is 2.56 bits per heavy atom. The molecule has 18 heavy (non-hydrogen) atoms. The summed E-state index contributed by atoms with van der Waals surface area (Å²) in [7, 11) is 3.49. The summed E-state index contributed by atoms with van der Waals surface area (Å²) < 4.78 is 0. The van der Waals surface area contributed by atoms with Crippen LogP contribution < -0.4 is 5.32 Å². The second-order valence-electron chi connectivity index (χ2n) is 4.50. The van der Waals surface area contributed by atoms with Gasteiger partial charge in [-0.25, -0.2) is 0 Å². The summed E-state index contributed by atoms with van der Waals surface area (Å²) in [5, 5.41) is 12.2. The molecule has 1 rings (SSSR count). The van der Waals surface area contributed by atoms with Crippen molar-refractivity contribution < 1.29 is 9.90 Å². The lowest BCUT2D eigenvalue weighted by atomic mass is 10.0.